The summed E-state index contributed by atoms with van der Waals surface area (Å²) >= 11 is 9.03. The summed E-state index contributed by atoms with van der Waals surface area (Å²) < 4.78 is 5.95. The minimum absolute atomic E-state index is 0.00796. The van der Waals surface area contributed by atoms with Crippen LogP contribution in [-0.2, 0) is 0 Å². The van der Waals surface area contributed by atoms with E-state index in [2.05, 4.69) is 31.2 Å². The molecule has 2 aromatic rings. The molecule has 0 saturated heterocycles. The minimum atomic E-state index is -0.644. The van der Waals surface area contributed by atoms with Crippen LogP contribution in [0.15, 0.2) is 29.0 Å². The highest BCUT2D eigenvalue weighted by Crippen LogP contribution is 2.35. The van der Waals surface area contributed by atoms with Crippen LogP contribution in [0.25, 0.3) is 0 Å². The number of methoxy groups -OCH3 is 1. The number of benzene rings is 1. The van der Waals surface area contributed by atoms with Crippen molar-refractivity contribution in [3.63, 3.8) is 0 Å². The van der Waals surface area contributed by atoms with E-state index in [1.54, 1.807) is 18.2 Å². The Hall–Kier alpha value is -1.93. The number of ether oxygens (including phenoxy) is 1. The Kier molecular flexibility index (Phi) is 4.35. The minimum Gasteiger partial charge on any atom is -0.495 e. The van der Waals surface area contributed by atoms with Gasteiger partial charge in [-0.2, -0.15) is 0 Å². The average Bonchev–Trinajstić information content (AvgIpc) is 2.38. The van der Waals surface area contributed by atoms with Crippen LogP contribution >= 0.6 is 27.5 Å². The van der Waals surface area contributed by atoms with Gasteiger partial charge in [0.05, 0.1) is 17.7 Å². The zero-order chi connectivity index (χ0) is 14.7. The molecule has 9 heteroatoms. The molecule has 0 aliphatic heterocycles. The number of halogens is 2. The van der Waals surface area contributed by atoms with E-state index in [4.69, 9.17) is 16.3 Å². The van der Waals surface area contributed by atoms with Crippen LogP contribution in [0.1, 0.15) is 0 Å². The fourth-order valence-electron chi connectivity index (χ4n) is 1.52. The maximum atomic E-state index is 11.0. The molecule has 0 amide bonds. The second kappa shape index (κ2) is 6.02. The highest BCUT2D eigenvalue weighted by atomic mass is 79.9. The number of nitrogens with zero attached hydrogens (tertiary/aromatic N) is 3. The van der Waals surface area contributed by atoms with Crippen LogP contribution in [0.2, 0.25) is 5.15 Å². The van der Waals surface area contributed by atoms with Gasteiger partial charge in [0.25, 0.3) is 0 Å². The second-order valence-corrected chi connectivity index (χ2v) is 4.86. The van der Waals surface area contributed by atoms with Gasteiger partial charge < -0.3 is 10.1 Å². The maximum absolute atomic E-state index is 11.0. The molecular weight excluding hydrogens is 352 g/mol. The molecule has 0 fully saturated rings. The summed E-state index contributed by atoms with van der Waals surface area (Å²) in [4.78, 5) is 17.8. The summed E-state index contributed by atoms with van der Waals surface area (Å²) in [5.41, 5.74) is 0.121. The highest BCUT2D eigenvalue weighted by Gasteiger charge is 2.22. The molecule has 1 aromatic carbocycles. The van der Waals surface area contributed by atoms with Gasteiger partial charge in [0.1, 0.15) is 12.1 Å². The number of anilines is 2. The lowest BCUT2D eigenvalue weighted by atomic mass is 10.3. The number of hydrogen-bond acceptors (Lipinski definition) is 6. The fourth-order valence-corrected chi connectivity index (χ4v) is 2.08. The molecule has 1 N–H and O–H groups in total. The Labute approximate surface area is 127 Å². The third-order valence-electron chi connectivity index (χ3n) is 2.37. The predicted octanol–water partition coefficient (Wildman–Crippen LogP) is 3.55. The van der Waals surface area contributed by atoms with Crippen LogP contribution in [-0.4, -0.2) is 22.0 Å². The SMILES string of the molecule is COc1ccc(Br)cc1Nc1ncnc(Cl)c1[N+](=O)[O-]. The van der Waals surface area contributed by atoms with Crippen molar-refractivity contribution in [2.24, 2.45) is 0 Å². The first-order valence-electron chi connectivity index (χ1n) is 5.28. The van der Waals surface area contributed by atoms with Gasteiger partial charge in [-0.1, -0.05) is 27.5 Å². The van der Waals surface area contributed by atoms with Gasteiger partial charge in [-0.25, -0.2) is 9.97 Å². The number of nitrogens with one attached hydrogen (secondary N) is 1. The van der Waals surface area contributed by atoms with Crippen molar-refractivity contribution in [2.45, 2.75) is 0 Å². The van der Waals surface area contributed by atoms with Gasteiger partial charge in [0, 0.05) is 4.47 Å². The molecule has 1 aromatic heterocycles. The Bertz CT molecular complexity index is 668. The van der Waals surface area contributed by atoms with Gasteiger partial charge >= 0.3 is 5.69 Å². The van der Waals surface area contributed by atoms with Crippen LogP contribution in [0.5, 0.6) is 5.75 Å². The topological polar surface area (TPSA) is 90.2 Å². The second-order valence-electron chi connectivity index (χ2n) is 3.59. The molecule has 0 bridgehead atoms. The van der Waals surface area contributed by atoms with Crippen molar-refractivity contribution < 1.29 is 9.66 Å². The first kappa shape index (κ1) is 14.5. The lowest BCUT2D eigenvalue weighted by Gasteiger charge is -2.11. The highest BCUT2D eigenvalue weighted by molar-refractivity contribution is 9.10. The van der Waals surface area contributed by atoms with Gasteiger partial charge in [-0.3, -0.25) is 10.1 Å². The van der Waals surface area contributed by atoms with E-state index < -0.39 is 10.6 Å². The van der Waals surface area contributed by atoms with E-state index in [9.17, 15) is 10.1 Å². The third-order valence-corrected chi connectivity index (χ3v) is 3.14. The fraction of sp³-hybridized carbons (Fsp3) is 0.0909. The van der Waals surface area contributed by atoms with Gasteiger partial charge in [0.15, 0.2) is 0 Å². The zero-order valence-electron chi connectivity index (χ0n) is 10.1. The molecule has 0 atom stereocenters. The molecule has 0 aliphatic rings. The van der Waals surface area contributed by atoms with Crippen molar-refractivity contribution in [1.29, 1.82) is 0 Å². The van der Waals surface area contributed by atoms with Crippen LogP contribution in [0.4, 0.5) is 17.2 Å². The van der Waals surface area contributed by atoms with Crippen molar-refractivity contribution in [2.75, 3.05) is 12.4 Å². The first-order valence-corrected chi connectivity index (χ1v) is 6.45. The standard InChI is InChI=1S/C11H8BrClN4O3/c1-20-8-3-2-6(12)4-7(8)16-11-9(17(18)19)10(13)14-5-15-11/h2-5H,1H3,(H,14,15,16). The lowest BCUT2D eigenvalue weighted by Crippen LogP contribution is -2.02. The molecule has 0 spiro atoms. The van der Waals surface area contributed by atoms with Crippen LogP contribution in [0.3, 0.4) is 0 Å². The zero-order valence-corrected chi connectivity index (χ0v) is 12.5. The summed E-state index contributed by atoms with van der Waals surface area (Å²) in [6.45, 7) is 0. The van der Waals surface area contributed by atoms with Gasteiger partial charge in [-0.15, -0.1) is 0 Å². The van der Waals surface area contributed by atoms with E-state index in [1.165, 1.54) is 7.11 Å². The Morgan fingerprint density at radius 3 is 2.85 bits per heavy atom. The summed E-state index contributed by atoms with van der Waals surface area (Å²) in [7, 11) is 1.50. The monoisotopic (exact) mass is 358 g/mol. The lowest BCUT2D eigenvalue weighted by molar-refractivity contribution is -0.384. The Balaban J connectivity index is 2.48. The molecule has 0 radical (unpaired) electrons. The molecule has 0 aliphatic carbocycles. The Morgan fingerprint density at radius 1 is 1.45 bits per heavy atom. The predicted molar refractivity (Wildman–Crippen MR) is 77.7 cm³/mol. The summed E-state index contributed by atoms with van der Waals surface area (Å²) in [6, 6.07) is 5.20. The summed E-state index contributed by atoms with van der Waals surface area (Å²) in [6.07, 6.45) is 1.14. The van der Waals surface area contributed by atoms with E-state index in [-0.39, 0.29) is 11.0 Å². The molecular formula is C11H8BrClN4O3. The van der Waals surface area contributed by atoms with E-state index in [0.29, 0.717) is 11.4 Å². The largest absolute Gasteiger partial charge is 0.495 e. The third kappa shape index (κ3) is 2.97. The van der Waals surface area contributed by atoms with Crippen molar-refractivity contribution in [3.8, 4) is 5.75 Å². The molecule has 20 heavy (non-hydrogen) atoms. The molecule has 0 saturated carbocycles. The van der Waals surface area contributed by atoms with E-state index in [1.807, 2.05) is 0 Å². The van der Waals surface area contributed by atoms with Gasteiger partial charge in [-0.05, 0) is 18.2 Å². The van der Waals surface area contributed by atoms with Crippen LogP contribution in [0, 0.1) is 10.1 Å². The van der Waals surface area contributed by atoms with Crippen molar-refractivity contribution in [3.05, 3.63) is 44.3 Å². The number of hydrogen-bond donors (Lipinski definition) is 1. The Morgan fingerprint density at radius 2 is 2.20 bits per heavy atom. The van der Waals surface area contributed by atoms with Crippen molar-refractivity contribution >= 4 is 44.7 Å². The molecule has 104 valence electrons. The van der Waals surface area contributed by atoms with Gasteiger partial charge in [0.2, 0.25) is 11.0 Å². The average molecular weight is 360 g/mol. The summed E-state index contributed by atoms with van der Waals surface area (Å²) in [5, 5.41) is 13.6. The molecule has 0 unspecified atom stereocenters. The number of nitro groups is 1. The van der Waals surface area contributed by atoms with E-state index >= 15 is 0 Å². The molecule has 2 rings (SSSR count). The smallest absolute Gasteiger partial charge is 0.348 e. The normalized spacial score (nSPS) is 10.2. The number of rotatable bonds is 4. The first-order chi connectivity index (χ1) is 9.52. The van der Waals surface area contributed by atoms with Crippen molar-refractivity contribution in [1.82, 2.24) is 9.97 Å². The maximum Gasteiger partial charge on any atom is 0.348 e. The van der Waals surface area contributed by atoms with Crippen LogP contribution < -0.4 is 10.1 Å². The quantitative estimate of drug-likeness (QED) is 0.510. The number of aromatic nitrogens is 2. The van der Waals surface area contributed by atoms with E-state index in [0.717, 1.165) is 10.8 Å². The molecule has 1 heterocycles. The molecule has 7 nitrogen and oxygen atoms in total. The summed E-state index contributed by atoms with van der Waals surface area (Å²) in [5.74, 6) is 0.503.